The first-order valence-electron chi connectivity index (χ1n) is 10.6. The van der Waals surface area contributed by atoms with Crippen molar-refractivity contribution in [1.29, 1.82) is 0 Å². The van der Waals surface area contributed by atoms with Gasteiger partial charge in [-0.05, 0) is 27.2 Å². The number of esters is 4. The molecule has 0 unspecified atom stereocenters. The number of hydrogen-bond donors (Lipinski definition) is 0. The van der Waals surface area contributed by atoms with Gasteiger partial charge in [0.05, 0.1) is 11.2 Å². The Morgan fingerprint density at radius 3 is 2.36 bits per heavy atom. The minimum atomic E-state index is -1.65. The van der Waals surface area contributed by atoms with Crippen LogP contribution in [0.25, 0.3) is 0 Å². The van der Waals surface area contributed by atoms with Crippen LogP contribution in [-0.4, -0.2) is 65.8 Å². The maximum atomic E-state index is 13.1. The molecule has 0 aromatic rings. The molecule has 2 heterocycles. The highest BCUT2D eigenvalue weighted by molar-refractivity contribution is 5.94. The first kappa shape index (κ1) is 24.6. The highest BCUT2D eigenvalue weighted by atomic mass is 16.7. The molecule has 1 saturated heterocycles. The average molecular weight is 464 g/mol. The molecule has 1 saturated carbocycles. The van der Waals surface area contributed by atoms with Gasteiger partial charge in [0.1, 0.15) is 18.8 Å². The van der Waals surface area contributed by atoms with Gasteiger partial charge in [-0.25, -0.2) is 9.59 Å². The molecule has 0 aromatic heterocycles. The SMILES string of the molecule is C=C(C)C(=O)O[C@H]1C[C@@](C)(OC(C)=O)C(=O)CC[C@@]2(C)O[C@@H]2[C@H]2OC(=O)C(COC(C)=O)=C12. The van der Waals surface area contributed by atoms with Crippen molar-refractivity contribution in [2.45, 2.75) is 83.4 Å². The predicted octanol–water partition coefficient (Wildman–Crippen LogP) is 1.49. The molecule has 2 aliphatic heterocycles. The van der Waals surface area contributed by atoms with E-state index in [1.807, 2.05) is 0 Å². The van der Waals surface area contributed by atoms with Gasteiger partial charge in [0.2, 0.25) is 0 Å². The Morgan fingerprint density at radius 1 is 1.12 bits per heavy atom. The molecule has 0 amide bonds. The number of hydrogen-bond acceptors (Lipinski definition) is 10. The molecule has 180 valence electrons. The van der Waals surface area contributed by atoms with Gasteiger partial charge in [-0.15, -0.1) is 0 Å². The zero-order valence-corrected chi connectivity index (χ0v) is 19.4. The second-order valence-electron chi connectivity index (χ2n) is 9.02. The summed E-state index contributed by atoms with van der Waals surface area (Å²) < 4.78 is 27.5. The Hall–Kier alpha value is -3.01. The van der Waals surface area contributed by atoms with Crippen LogP contribution in [0.5, 0.6) is 0 Å². The molecule has 10 nitrogen and oxygen atoms in total. The Kier molecular flexibility index (Phi) is 6.52. The third-order valence-electron chi connectivity index (χ3n) is 6.10. The van der Waals surface area contributed by atoms with E-state index in [9.17, 15) is 24.0 Å². The largest absolute Gasteiger partial charge is 0.461 e. The Labute approximate surface area is 191 Å². The summed E-state index contributed by atoms with van der Waals surface area (Å²) in [6.45, 7) is 10.2. The lowest BCUT2D eigenvalue weighted by Crippen LogP contribution is -2.47. The number of ether oxygens (including phenoxy) is 5. The number of rotatable bonds is 5. The van der Waals surface area contributed by atoms with Crippen molar-refractivity contribution in [1.82, 2.24) is 0 Å². The number of carbonyl (C=O) groups is 5. The maximum absolute atomic E-state index is 13.1. The molecule has 5 atom stereocenters. The molecule has 1 aliphatic carbocycles. The Morgan fingerprint density at radius 2 is 1.79 bits per heavy atom. The lowest BCUT2D eigenvalue weighted by molar-refractivity contribution is -0.169. The average Bonchev–Trinajstić information content (AvgIpc) is 3.25. The van der Waals surface area contributed by atoms with Gasteiger partial charge < -0.3 is 23.7 Å². The summed E-state index contributed by atoms with van der Waals surface area (Å²) in [7, 11) is 0. The van der Waals surface area contributed by atoms with Gasteiger partial charge >= 0.3 is 23.9 Å². The standard InChI is InChI=1S/C23H28O10/c1-11(2)20(27)30-15-9-23(6,32-13(4)25)16(26)7-8-22(5)19(33-22)18-17(15)14(21(28)31-18)10-29-12(3)24/h15,18-19H,1,7-10H2,2-6H3/t15-,18-,19+,22+,23+/m0/s1. The molecule has 0 N–H and O–H groups in total. The lowest BCUT2D eigenvalue weighted by Gasteiger charge is -2.34. The molecular weight excluding hydrogens is 436 g/mol. The third-order valence-corrected chi connectivity index (χ3v) is 6.10. The molecule has 33 heavy (non-hydrogen) atoms. The van der Waals surface area contributed by atoms with Crippen molar-refractivity contribution in [3.63, 3.8) is 0 Å². The number of ketones is 1. The highest BCUT2D eigenvalue weighted by Gasteiger charge is 2.63. The summed E-state index contributed by atoms with van der Waals surface area (Å²) in [6, 6.07) is 0. The Balaban J connectivity index is 2.15. The van der Waals surface area contributed by atoms with E-state index >= 15 is 0 Å². The summed E-state index contributed by atoms with van der Waals surface area (Å²) in [5, 5.41) is 0. The fraction of sp³-hybridized carbons (Fsp3) is 0.609. The Bertz CT molecular complexity index is 962. The van der Waals surface area contributed by atoms with Gasteiger partial charge in [-0.1, -0.05) is 6.58 Å². The van der Waals surface area contributed by atoms with E-state index in [-0.39, 0.29) is 35.3 Å². The van der Waals surface area contributed by atoms with Gasteiger partial charge in [-0.3, -0.25) is 14.4 Å². The van der Waals surface area contributed by atoms with Crippen molar-refractivity contribution in [2.24, 2.45) is 0 Å². The predicted molar refractivity (Wildman–Crippen MR) is 111 cm³/mol. The smallest absolute Gasteiger partial charge is 0.338 e. The van der Waals surface area contributed by atoms with Gasteiger partial charge in [0, 0.05) is 37.8 Å². The van der Waals surface area contributed by atoms with E-state index in [0.29, 0.717) is 6.42 Å². The summed E-state index contributed by atoms with van der Waals surface area (Å²) >= 11 is 0. The molecule has 0 bridgehead atoms. The number of epoxide rings is 1. The van der Waals surface area contributed by atoms with Crippen LogP contribution < -0.4 is 0 Å². The van der Waals surface area contributed by atoms with E-state index in [1.54, 1.807) is 6.92 Å². The van der Waals surface area contributed by atoms with Crippen LogP contribution in [0.1, 0.15) is 53.9 Å². The number of Topliss-reactive ketones (excluding diaryl/α,β-unsaturated/α-hetero) is 1. The molecule has 3 aliphatic rings. The van der Waals surface area contributed by atoms with Crippen LogP contribution in [0.2, 0.25) is 0 Å². The van der Waals surface area contributed by atoms with Crippen LogP contribution in [0.3, 0.4) is 0 Å². The summed E-state index contributed by atoms with van der Waals surface area (Å²) in [5.41, 5.74) is -2.13. The van der Waals surface area contributed by atoms with Crippen LogP contribution in [-0.2, 0) is 47.7 Å². The van der Waals surface area contributed by atoms with Gasteiger partial charge in [0.15, 0.2) is 17.5 Å². The van der Waals surface area contributed by atoms with Crippen molar-refractivity contribution in [2.75, 3.05) is 6.61 Å². The lowest BCUT2D eigenvalue weighted by atomic mass is 9.80. The summed E-state index contributed by atoms with van der Waals surface area (Å²) in [4.78, 5) is 61.6. The summed E-state index contributed by atoms with van der Waals surface area (Å²) in [6.07, 6.45) is -2.63. The molecule has 2 fully saturated rings. The van der Waals surface area contributed by atoms with Gasteiger partial charge in [-0.2, -0.15) is 0 Å². The van der Waals surface area contributed by atoms with Crippen molar-refractivity contribution in [3.8, 4) is 0 Å². The highest BCUT2D eigenvalue weighted by Crippen LogP contribution is 2.50. The van der Waals surface area contributed by atoms with E-state index < -0.39 is 60.0 Å². The van der Waals surface area contributed by atoms with Crippen LogP contribution in [0.4, 0.5) is 0 Å². The molecule has 3 rings (SSSR count). The molecule has 0 radical (unpaired) electrons. The quantitative estimate of drug-likeness (QED) is 0.255. The fourth-order valence-corrected chi connectivity index (χ4v) is 4.25. The minimum absolute atomic E-state index is 0.00855. The first-order chi connectivity index (χ1) is 15.3. The van der Waals surface area contributed by atoms with E-state index in [0.717, 1.165) is 0 Å². The second kappa shape index (κ2) is 8.74. The second-order valence-corrected chi connectivity index (χ2v) is 9.02. The molecule has 0 aromatic carbocycles. The van der Waals surface area contributed by atoms with Crippen molar-refractivity contribution >= 4 is 29.7 Å². The monoisotopic (exact) mass is 464 g/mol. The fourth-order valence-electron chi connectivity index (χ4n) is 4.25. The third kappa shape index (κ3) is 5.00. The maximum Gasteiger partial charge on any atom is 0.338 e. The van der Waals surface area contributed by atoms with E-state index in [1.165, 1.54) is 27.7 Å². The minimum Gasteiger partial charge on any atom is -0.461 e. The van der Waals surface area contributed by atoms with Crippen LogP contribution in [0, 0.1) is 0 Å². The molecular formula is C23H28O10. The van der Waals surface area contributed by atoms with Crippen LogP contribution in [0.15, 0.2) is 23.3 Å². The number of carbonyl (C=O) groups excluding carboxylic acids is 5. The summed E-state index contributed by atoms with van der Waals surface area (Å²) in [5.74, 6) is -3.21. The van der Waals surface area contributed by atoms with Gasteiger partial charge in [0.25, 0.3) is 0 Å². The molecule has 10 heteroatoms. The zero-order valence-electron chi connectivity index (χ0n) is 19.4. The van der Waals surface area contributed by atoms with E-state index in [2.05, 4.69) is 6.58 Å². The van der Waals surface area contributed by atoms with E-state index in [4.69, 9.17) is 23.7 Å². The van der Waals surface area contributed by atoms with Crippen molar-refractivity contribution in [3.05, 3.63) is 23.3 Å². The topological polar surface area (TPSA) is 135 Å². The molecule has 0 spiro atoms. The number of fused-ring (bicyclic) bond motifs is 3. The normalized spacial score (nSPS) is 33.3. The zero-order chi connectivity index (χ0) is 24.7. The van der Waals surface area contributed by atoms with Crippen molar-refractivity contribution < 1.29 is 47.7 Å². The first-order valence-corrected chi connectivity index (χ1v) is 10.6. The van der Waals surface area contributed by atoms with Crippen LogP contribution >= 0.6 is 0 Å².